The van der Waals surface area contributed by atoms with Crippen molar-refractivity contribution < 1.29 is 4.74 Å². The van der Waals surface area contributed by atoms with E-state index in [0.717, 1.165) is 49.7 Å². The van der Waals surface area contributed by atoms with Gasteiger partial charge in [0.1, 0.15) is 17.5 Å². The van der Waals surface area contributed by atoms with Gasteiger partial charge in [0.05, 0.1) is 24.7 Å². The summed E-state index contributed by atoms with van der Waals surface area (Å²) >= 11 is 0. The Bertz CT molecular complexity index is 1020. The van der Waals surface area contributed by atoms with Crippen LogP contribution < -0.4 is 9.64 Å². The van der Waals surface area contributed by atoms with Crippen molar-refractivity contribution in [3.63, 3.8) is 0 Å². The molecule has 1 saturated carbocycles. The first-order valence-corrected chi connectivity index (χ1v) is 9.91. The lowest BCUT2D eigenvalue weighted by Gasteiger charge is -2.19. The first-order valence-electron chi connectivity index (χ1n) is 9.91. The highest BCUT2D eigenvalue weighted by Crippen LogP contribution is 2.38. The van der Waals surface area contributed by atoms with E-state index in [-0.39, 0.29) is 0 Å². The molecule has 8 nitrogen and oxygen atoms in total. The Morgan fingerprint density at radius 3 is 2.83 bits per heavy atom. The normalized spacial score (nSPS) is 18.6. The van der Waals surface area contributed by atoms with Gasteiger partial charge >= 0.3 is 0 Å². The van der Waals surface area contributed by atoms with Gasteiger partial charge in [-0.2, -0.15) is 15.3 Å². The second kappa shape index (κ2) is 7.51. The fraction of sp³-hybridized carbons (Fsp3) is 0.381. The van der Waals surface area contributed by atoms with Crippen molar-refractivity contribution in [2.75, 3.05) is 24.6 Å². The molecule has 4 heterocycles. The minimum Gasteiger partial charge on any atom is -0.476 e. The molecule has 0 N–H and O–H groups in total. The average molecular weight is 387 g/mol. The van der Waals surface area contributed by atoms with E-state index in [1.54, 1.807) is 17.1 Å². The molecular weight excluding hydrogens is 366 g/mol. The van der Waals surface area contributed by atoms with Crippen LogP contribution in [-0.4, -0.2) is 44.4 Å². The molecule has 146 valence electrons. The predicted molar refractivity (Wildman–Crippen MR) is 106 cm³/mol. The Morgan fingerprint density at radius 2 is 2.10 bits per heavy atom. The van der Waals surface area contributed by atoms with E-state index < -0.39 is 0 Å². The van der Waals surface area contributed by atoms with Crippen LogP contribution in [-0.2, 0) is 0 Å². The number of hydrogen-bond donors (Lipinski definition) is 0. The molecule has 1 unspecified atom stereocenters. The highest BCUT2D eigenvalue weighted by Gasteiger charge is 2.28. The zero-order chi connectivity index (χ0) is 19.6. The second-order valence-electron chi connectivity index (χ2n) is 7.57. The molecule has 1 saturated heterocycles. The topological polar surface area (TPSA) is 92.8 Å². The van der Waals surface area contributed by atoms with Crippen molar-refractivity contribution in [1.82, 2.24) is 24.7 Å². The van der Waals surface area contributed by atoms with Crippen LogP contribution in [0.25, 0.3) is 5.82 Å². The summed E-state index contributed by atoms with van der Waals surface area (Å²) < 4.78 is 7.70. The highest BCUT2D eigenvalue weighted by molar-refractivity contribution is 5.47. The molecule has 2 fully saturated rings. The van der Waals surface area contributed by atoms with Crippen molar-refractivity contribution in [3.8, 4) is 17.8 Å². The van der Waals surface area contributed by atoms with Gasteiger partial charge in [-0.25, -0.2) is 14.6 Å². The number of pyridine rings is 1. The van der Waals surface area contributed by atoms with E-state index in [9.17, 15) is 5.26 Å². The lowest BCUT2D eigenvalue weighted by Crippen LogP contribution is -2.22. The molecule has 1 atom stereocenters. The molecule has 0 radical (unpaired) electrons. The number of nitriles is 1. The summed E-state index contributed by atoms with van der Waals surface area (Å²) in [5, 5.41) is 13.5. The molecule has 1 aliphatic heterocycles. The molecular formula is C21H21N7O. The Kier molecular flexibility index (Phi) is 4.56. The van der Waals surface area contributed by atoms with Crippen LogP contribution in [0.5, 0.6) is 5.88 Å². The van der Waals surface area contributed by atoms with Crippen LogP contribution in [0.15, 0.2) is 43.0 Å². The first kappa shape index (κ1) is 17.6. The average Bonchev–Trinajstić information content (AvgIpc) is 3.26. The van der Waals surface area contributed by atoms with E-state index in [1.807, 2.05) is 24.5 Å². The maximum absolute atomic E-state index is 9.31. The van der Waals surface area contributed by atoms with Gasteiger partial charge in [-0.05, 0) is 37.5 Å². The molecule has 5 rings (SSSR count). The molecule has 2 aliphatic rings. The van der Waals surface area contributed by atoms with Gasteiger partial charge in [-0.3, -0.25) is 0 Å². The summed E-state index contributed by atoms with van der Waals surface area (Å²) in [7, 11) is 0. The van der Waals surface area contributed by atoms with Crippen LogP contribution in [0.2, 0.25) is 0 Å². The summed E-state index contributed by atoms with van der Waals surface area (Å²) in [6.45, 7) is 2.40. The van der Waals surface area contributed by atoms with Crippen molar-refractivity contribution in [2.45, 2.75) is 25.2 Å². The quantitative estimate of drug-likeness (QED) is 0.642. The number of hydrogen-bond acceptors (Lipinski definition) is 7. The van der Waals surface area contributed by atoms with Crippen LogP contribution in [0, 0.1) is 17.2 Å². The van der Waals surface area contributed by atoms with Crippen molar-refractivity contribution in [1.29, 1.82) is 5.26 Å². The van der Waals surface area contributed by atoms with E-state index >= 15 is 0 Å². The van der Waals surface area contributed by atoms with Gasteiger partial charge < -0.3 is 9.64 Å². The SMILES string of the molecule is N#Cc1cnc(C2CC2)nc1OCC1CCN(c2ccc(-n3cccn3)nc2)C1. The highest BCUT2D eigenvalue weighted by atomic mass is 16.5. The van der Waals surface area contributed by atoms with Gasteiger partial charge in [0.25, 0.3) is 0 Å². The summed E-state index contributed by atoms with van der Waals surface area (Å²) in [4.78, 5) is 15.6. The van der Waals surface area contributed by atoms with Gasteiger partial charge in [0.2, 0.25) is 5.88 Å². The van der Waals surface area contributed by atoms with E-state index in [1.165, 1.54) is 0 Å². The van der Waals surface area contributed by atoms with Crippen LogP contribution >= 0.6 is 0 Å². The van der Waals surface area contributed by atoms with Gasteiger partial charge in [-0.15, -0.1) is 0 Å². The third-order valence-electron chi connectivity index (χ3n) is 5.41. The molecule has 1 aliphatic carbocycles. The summed E-state index contributed by atoms with van der Waals surface area (Å²) in [5.41, 5.74) is 1.50. The summed E-state index contributed by atoms with van der Waals surface area (Å²) in [5.74, 6) is 2.84. The number of anilines is 1. The maximum Gasteiger partial charge on any atom is 0.235 e. The minimum atomic E-state index is 0.381. The van der Waals surface area contributed by atoms with Crippen LogP contribution in [0.4, 0.5) is 5.69 Å². The molecule has 3 aromatic heterocycles. The number of rotatable bonds is 6. The molecule has 8 heteroatoms. The first-order chi connectivity index (χ1) is 14.3. The number of nitrogens with zero attached hydrogens (tertiary/aromatic N) is 7. The molecule has 3 aromatic rings. The van der Waals surface area contributed by atoms with Crippen LogP contribution in [0.1, 0.15) is 36.6 Å². The number of ether oxygens (including phenoxy) is 1. The second-order valence-corrected chi connectivity index (χ2v) is 7.57. The monoisotopic (exact) mass is 387 g/mol. The van der Waals surface area contributed by atoms with E-state index in [4.69, 9.17) is 4.74 Å². The largest absolute Gasteiger partial charge is 0.476 e. The summed E-state index contributed by atoms with van der Waals surface area (Å²) in [6.07, 6.45) is 10.4. The maximum atomic E-state index is 9.31. The molecule has 0 spiro atoms. The van der Waals surface area contributed by atoms with Crippen molar-refractivity contribution >= 4 is 5.69 Å². The fourth-order valence-electron chi connectivity index (χ4n) is 3.61. The third kappa shape index (κ3) is 3.76. The van der Waals surface area contributed by atoms with Crippen LogP contribution in [0.3, 0.4) is 0 Å². The Balaban J connectivity index is 1.21. The van der Waals surface area contributed by atoms with Gasteiger partial charge in [0, 0.05) is 37.3 Å². The van der Waals surface area contributed by atoms with Gasteiger partial charge in [0.15, 0.2) is 5.82 Å². The Hall–Kier alpha value is -3.47. The zero-order valence-electron chi connectivity index (χ0n) is 16.0. The van der Waals surface area contributed by atoms with Crippen molar-refractivity contribution in [3.05, 3.63) is 54.4 Å². The smallest absolute Gasteiger partial charge is 0.235 e. The predicted octanol–water partition coefficient (Wildman–Crippen LogP) is 2.71. The molecule has 29 heavy (non-hydrogen) atoms. The molecule has 0 bridgehead atoms. The third-order valence-corrected chi connectivity index (χ3v) is 5.41. The van der Waals surface area contributed by atoms with E-state index in [0.29, 0.717) is 29.9 Å². The van der Waals surface area contributed by atoms with Gasteiger partial charge in [-0.1, -0.05) is 0 Å². The van der Waals surface area contributed by atoms with Crippen molar-refractivity contribution in [2.24, 2.45) is 5.92 Å². The Morgan fingerprint density at radius 1 is 1.17 bits per heavy atom. The minimum absolute atomic E-state index is 0.381. The summed E-state index contributed by atoms with van der Waals surface area (Å²) in [6, 6.07) is 8.07. The molecule has 0 amide bonds. The standard InChI is InChI=1S/C21H21N7O/c22-10-17-11-24-20(16-2-3-16)26-21(17)29-14-15-6-9-27(13-15)18-4-5-19(23-12-18)28-8-1-7-25-28/h1,4-5,7-8,11-12,15-16H,2-3,6,9,13-14H2. The molecule has 0 aromatic carbocycles. The Labute approximate surface area is 168 Å². The number of aromatic nitrogens is 5. The zero-order valence-corrected chi connectivity index (χ0v) is 16.0. The van der Waals surface area contributed by atoms with E-state index in [2.05, 4.69) is 37.1 Å². The lowest BCUT2D eigenvalue weighted by molar-refractivity contribution is 0.250. The fourth-order valence-corrected chi connectivity index (χ4v) is 3.61. The lowest BCUT2D eigenvalue weighted by atomic mass is 10.1.